The van der Waals surface area contributed by atoms with Crippen molar-refractivity contribution in [3.8, 4) is 17.0 Å². The zero-order valence-corrected chi connectivity index (χ0v) is 17.7. The summed E-state index contributed by atoms with van der Waals surface area (Å²) >= 11 is 0. The monoisotopic (exact) mass is 478 g/mol. The maximum Gasteiger partial charge on any atom is 0.573 e. The number of anilines is 1. The van der Waals surface area contributed by atoms with E-state index in [0.29, 0.717) is 0 Å². The number of rotatable bonds is 4. The van der Waals surface area contributed by atoms with Crippen LogP contribution in [0.15, 0.2) is 23.1 Å². The highest BCUT2D eigenvalue weighted by Crippen LogP contribution is 2.45. The molecule has 2 N–H and O–H groups in total. The summed E-state index contributed by atoms with van der Waals surface area (Å²) in [4.78, 5) is 9.40. The molecule has 1 fully saturated rings. The minimum Gasteiger partial charge on any atom is -0.404 e. The van der Waals surface area contributed by atoms with Gasteiger partial charge in [-0.2, -0.15) is 8.78 Å². The van der Waals surface area contributed by atoms with Crippen molar-refractivity contribution >= 4 is 15.7 Å². The summed E-state index contributed by atoms with van der Waals surface area (Å²) in [5.41, 5.74) is -0.177. The molecule has 1 unspecified atom stereocenters. The van der Waals surface area contributed by atoms with Crippen molar-refractivity contribution in [2.45, 2.75) is 49.1 Å². The first-order valence-electron chi connectivity index (χ1n) is 9.55. The number of halogens is 5. The van der Waals surface area contributed by atoms with Gasteiger partial charge in [-0.15, -0.1) is 13.2 Å². The lowest BCUT2D eigenvalue weighted by atomic mass is 10.0. The van der Waals surface area contributed by atoms with Crippen LogP contribution in [-0.4, -0.2) is 50.6 Å². The van der Waals surface area contributed by atoms with Crippen LogP contribution >= 0.6 is 0 Å². The summed E-state index contributed by atoms with van der Waals surface area (Å²) in [5, 5.41) is 9.78. The predicted octanol–water partition coefficient (Wildman–Crippen LogP) is 3.69. The SMILES string of the molecule is C[C@H]1[C@H](O)CN1c1nc(-c2ccc(OC(F)(F)F)c(S(C)(=N)=O)c2)c2c(n1)C(F)(F)CC2. The van der Waals surface area contributed by atoms with Crippen molar-refractivity contribution in [3.05, 3.63) is 29.5 Å². The molecule has 1 aliphatic heterocycles. The van der Waals surface area contributed by atoms with Gasteiger partial charge in [0.05, 0.1) is 32.5 Å². The number of benzene rings is 1. The van der Waals surface area contributed by atoms with Gasteiger partial charge < -0.3 is 14.7 Å². The lowest BCUT2D eigenvalue weighted by Gasteiger charge is -2.43. The number of aromatic nitrogens is 2. The van der Waals surface area contributed by atoms with E-state index in [9.17, 15) is 31.3 Å². The highest BCUT2D eigenvalue weighted by Gasteiger charge is 2.45. The molecule has 2 aromatic rings. The van der Waals surface area contributed by atoms with E-state index in [2.05, 4.69) is 14.7 Å². The second kappa shape index (κ2) is 7.24. The highest BCUT2D eigenvalue weighted by atomic mass is 32.2. The third-order valence-electron chi connectivity index (χ3n) is 5.58. The summed E-state index contributed by atoms with van der Waals surface area (Å²) in [6.07, 6.45) is -5.37. The zero-order chi connectivity index (χ0) is 23.6. The Labute approximate surface area is 180 Å². The number of aliphatic hydroxyl groups excluding tert-OH is 1. The fraction of sp³-hybridized carbons (Fsp3) is 0.474. The molecule has 2 heterocycles. The van der Waals surface area contributed by atoms with Gasteiger partial charge in [-0.05, 0) is 31.5 Å². The topological polar surface area (TPSA) is 99.4 Å². The number of ether oxygens (including phenoxy) is 1. The first-order valence-corrected chi connectivity index (χ1v) is 11.5. The average Bonchev–Trinajstić information content (AvgIpc) is 2.98. The molecule has 0 bridgehead atoms. The Kier molecular flexibility index (Phi) is 5.12. The number of nitrogens with one attached hydrogen (secondary N) is 1. The molecule has 0 amide bonds. The lowest BCUT2D eigenvalue weighted by Crippen LogP contribution is -2.59. The van der Waals surface area contributed by atoms with Crippen LogP contribution in [0, 0.1) is 4.78 Å². The Morgan fingerprint density at radius 1 is 1.31 bits per heavy atom. The molecular weight excluding hydrogens is 459 g/mol. The Balaban J connectivity index is 1.89. The second-order valence-electron chi connectivity index (χ2n) is 7.92. The Morgan fingerprint density at radius 3 is 2.56 bits per heavy atom. The Hall–Kier alpha value is -2.54. The molecule has 3 atom stereocenters. The van der Waals surface area contributed by atoms with Crippen molar-refractivity contribution in [1.82, 2.24) is 9.97 Å². The highest BCUT2D eigenvalue weighted by molar-refractivity contribution is 7.91. The average molecular weight is 478 g/mol. The first-order chi connectivity index (χ1) is 14.7. The van der Waals surface area contributed by atoms with Crippen molar-refractivity contribution in [2.24, 2.45) is 0 Å². The minimum absolute atomic E-state index is 0.0431. The van der Waals surface area contributed by atoms with Crippen LogP contribution in [0.4, 0.5) is 27.9 Å². The largest absolute Gasteiger partial charge is 0.573 e. The van der Waals surface area contributed by atoms with Gasteiger partial charge in [0, 0.05) is 30.3 Å². The number of β-amino-alcohol motifs (C(OH)–C–C–N with tert-alkyl or cyclic N) is 1. The van der Waals surface area contributed by atoms with Crippen LogP contribution in [0.5, 0.6) is 5.75 Å². The summed E-state index contributed by atoms with van der Waals surface area (Å²) < 4.78 is 91.3. The second-order valence-corrected chi connectivity index (χ2v) is 10.0. The predicted molar refractivity (Wildman–Crippen MR) is 104 cm³/mol. The molecule has 0 spiro atoms. The third-order valence-corrected chi connectivity index (χ3v) is 6.74. The summed E-state index contributed by atoms with van der Waals surface area (Å²) in [5.74, 6) is -4.07. The van der Waals surface area contributed by atoms with Gasteiger partial charge in [-0.1, -0.05) is 0 Å². The van der Waals surface area contributed by atoms with E-state index < -0.39 is 56.9 Å². The fourth-order valence-electron chi connectivity index (χ4n) is 3.80. The third kappa shape index (κ3) is 3.98. The van der Waals surface area contributed by atoms with Crippen LogP contribution in [0.1, 0.15) is 24.6 Å². The van der Waals surface area contributed by atoms with E-state index in [1.165, 1.54) is 6.07 Å². The molecule has 1 aromatic carbocycles. The number of nitrogens with zero attached hydrogens (tertiary/aromatic N) is 3. The van der Waals surface area contributed by atoms with Gasteiger partial charge in [0.25, 0.3) is 5.92 Å². The van der Waals surface area contributed by atoms with E-state index >= 15 is 0 Å². The van der Waals surface area contributed by atoms with Crippen molar-refractivity contribution in [1.29, 1.82) is 4.78 Å². The van der Waals surface area contributed by atoms with Gasteiger partial charge >= 0.3 is 6.36 Å². The van der Waals surface area contributed by atoms with Gasteiger partial charge in [-0.25, -0.2) is 19.0 Å². The van der Waals surface area contributed by atoms with Gasteiger partial charge in [0.1, 0.15) is 11.4 Å². The summed E-state index contributed by atoms with van der Waals surface area (Å²) in [6.45, 7) is 1.82. The molecule has 2 aliphatic rings. The van der Waals surface area contributed by atoms with Crippen molar-refractivity contribution in [3.63, 3.8) is 0 Å². The van der Waals surface area contributed by atoms with Crippen LogP contribution in [0.25, 0.3) is 11.3 Å². The number of fused-ring (bicyclic) bond motifs is 1. The summed E-state index contributed by atoms with van der Waals surface area (Å²) in [6, 6.07) is 2.73. The number of alkyl halides is 5. The molecule has 1 aromatic heterocycles. The zero-order valence-electron chi connectivity index (χ0n) is 16.9. The van der Waals surface area contributed by atoms with Crippen LogP contribution < -0.4 is 9.64 Å². The molecule has 174 valence electrons. The smallest absolute Gasteiger partial charge is 0.404 e. The molecule has 0 radical (unpaired) electrons. The van der Waals surface area contributed by atoms with Gasteiger partial charge in [-0.3, -0.25) is 0 Å². The summed E-state index contributed by atoms with van der Waals surface area (Å²) in [7, 11) is -3.67. The van der Waals surface area contributed by atoms with Gasteiger partial charge in [0.15, 0.2) is 0 Å². The molecule has 7 nitrogen and oxygen atoms in total. The van der Waals surface area contributed by atoms with Crippen molar-refractivity contribution < 1.29 is 36.0 Å². The molecule has 32 heavy (non-hydrogen) atoms. The first kappa shape index (κ1) is 22.6. The van der Waals surface area contributed by atoms with Crippen molar-refractivity contribution in [2.75, 3.05) is 17.7 Å². The minimum atomic E-state index is -5.07. The number of hydrogen-bond donors (Lipinski definition) is 2. The molecule has 1 saturated heterocycles. The number of aliphatic hydroxyl groups is 1. The normalized spacial score (nSPS) is 23.9. The van der Waals surface area contributed by atoms with Crippen LogP contribution in [0.3, 0.4) is 0 Å². The molecular formula is C19H19F5N4O3S. The van der Waals surface area contributed by atoms with Gasteiger partial charge in [0.2, 0.25) is 5.95 Å². The quantitative estimate of drug-likeness (QED) is 0.651. The van der Waals surface area contributed by atoms with Crippen LogP contribution in [0.2, 0.25) is 0 Å². The fourth-order valence-corrected chi connectivity index (χ4v) is 4.65. The Morgan fingerprint density at radius 2 is 2.00 bits per heavy atom. The van der Waals surface area contributed by atoms with E-state index in [1.807, 2.05) is 0 Å². The van der Waals surface area contributed by atoms with E-state index in [1.54, 1.807) is 11.8 Å². The Bertz CT molecular complexity index is 1190. The lowest BCUT2D eigenvalue weighted by molar-refractivity contribution is -0.275. The van der Waals surface area contributed by atoms with E-state index in [4.69, 9.17) is 4.78 Å². The van der Waals surface area contributed by atoms with E-state index in [0.717, 1.165) is 18.4 Å². The van der Waals surface area contributed by atoms with Crippen LogP contribution in [-0.2, 0) is 22.1 Å². The number of hydrogen-bond acceptors (Lipinski definition) is 7. The standard InChI is InChI=1S/C19H19F5N4O3S/c1-9-12(29)8-28(9)17-26-15(11-5-6-18(20,21)16(11)27-17)10-3-4-13(31-19(22,23)24)14(7-10)32(2,25)30/h3-4,7,9,12,25,29H,5-6,8H2,1-2H3/t9-,12+,32?/m0/s1. The maximum atomic E-state index is 14.5. The maximum absolute atomic E-state index is 14.5. The molecule has 4 rings (SSSR count). The molecule has 13 heteroatoms. The molecule has 1 aliphatic carbocycles. The molecule has 0 saturated carbocycles. The van der Waals surface area contributed by atoms with E-state index in [-0.39, 0.29) is 35.7 Å².